The number of benzene rings is 1. The number of aliphatic imine (C=N–C) groups is 1. The van der Waals surface area contributed by atoms with Crippen molar-refractivity contribution >= 4 is 17.3 Å². The third-order valence-electron chi connectivity index (χ3n) is 5.65. The van der Waals surface area contributed by atoms with E-state index in [9.17, 15) is 0 Å². The molecule has 1 saturated heterocycles. The van der Waals surface area contributed by atoms with Crippen molar-refractivity contribution in [1.29, 1.82) is 0 Å². The van der Waals surface area contributed by atoms with Gasteiger partial charge in [0.1, 0.15) is 0 Å². The molecule has 31 heavy (non-hydrogen) atoms. The fourth-order valence-corrected chi connectivity index (χ4v) is 4.82. The number of nitrogens with zero attached hydrogens (tertiary/aromatic N) is 2. The quantitative estimate of drug-likeness (QED) is 0.410. The van der Waals surface area contributed by atoms with Crippen LogP contribution < -0.4 is 16.0 Å². The zero-order valence-electron chi connectivity index (χ0n) is 19.2. The molecule has 0 saturated carbocycles. The summed E-state index contributed by atoms with van der Waals surface area (Å²) in [5.74, 6) is 0.831. The van der Waals surface area contributed by atoms with Gasteiger partial charge in [0.05, 0.1) is 19.3 Å². The Kier molecular flexibility index (Phi) is 8.90. The molecular weight excluding hydrogens is 406 g/mol. The second kappa shape index (κ2) is 11.6. The van der Waals surface area contributed by atoms with Gasteiger partial charge in [-0.2, -0.15) is 0 Å². The maximum Gasteiger partial charge on any atom is 0.191 e. The van der Waals surface area contributed by atoms with Crippen molar-refractivity contribution in [3.63, 3.8) is 0 Å². The van der Waals surface area contributed by atoms with Crippen molar-refractivity contribution in [3.05, 3.63) is 58.3 Å². The van der Waals surface area contributed by atoms with Gasteiger partial charge in [0.15, 0.2) is 5.96 Å². The predicted octanol–water partition coefficient (Wildman–Crippen LogP) is 3.42. The first-order valence-corrected chi connectivity index (χ1v) is 12.0. The molecule has 3 N–H and O–H groups in total. The summed E-state index contributed by atoms with van der Waals surface area (Å²) >= 11 is 1.81. The monoisotopic (exact) mass is 443 g/mol. The highest BCUT2D eigenvalue weighted by molar-refractivity contribution is 7.10. The molecule has 2 aromatic rings. The number of guanidine groups is 1. The molecule has 2 heterocycles. The van der Waals surface area contributed by atoms with Crippen LogP contribution in [-0.4, -0.2) is 62.8 Å². The predicted molar refractivity (Wildman–Crippen MR) is 131 cm³/mol. The number of rotatable bonds is 9. The maximum atomic E-state index is 5.55. The summed E-state index contributed by atoms with van der Waals surface area (Å²) in [6, 6.07) is 15.5. The molecule has 7 heteroatoms. The molecule has 6 nitrogen and oxygen atoms in total. The van der Waals surface area contributed by atoms with E-state index < -0.39 is 0 Å². The average molecular weight is 444 g/mol. The molecule has 170 valence electrons. The first kappa shape index (κ1) is 23.7. The van der Waals surface area contributed by atoms with Gasteiger partial charge in [0.2, 0.25) is 0 Å². The summed E-state index contributed by atoms with van der Waals surface area (Å²) in [5, 5.41) is 12.9. The van der Waals surface area contributed by atoms with Crippen LogP contribution in [0.4, 0.5) is 0 Å². The van der Waals surface area contributed by atoms with Crippen LogP contribution in [0, 0.1) is 0 Å². The zero-order chi connectivity index (χ0) is 22.1. The fraction of sp³-hybridized carbons (Fsp3) is 0.542. The van der Waals surface area contributed by atoms with E-state index in [0.717, 1.165) is 45.4 Å². The van der Waals surface area contributed by atoms with E-state index in [1.54, 1.807) is 0 Å². The number of morpholine rings is 1. The average Bonchev–Trinajstić information content (AvgIpc) is 3.31. The number of hydrogen-bond donors (Lipinski definition) is 3. The Bertz CT molecular complexity index is 788. The van der Waals surface area contributed by atoms with Crippen molar-refractivity contribution in [3.8, 4) is 0 Å². The highest BCUT2D eigenvalue weighted by atomic mass is 32.1. The SMILES string of the molecule is CN=C(NCC(c1cccs1)N1CCOCC1)NCC(C)(C)NC(C)c1ccccc1. The Morgan fingerprint density at radius 2 is 1.87 bits per heavy atom. The lowest BCUT2D eigenvalue weighted by molar-refractivity contribution is 0.0177. The van der Waals surface area contributed by atoms with E-state index in [1.807, 2.05) is 18.4 Å². The molecule has 2 atom stereocenters. The number of ether oxygens (including phenoxy) is 1. The highest BCUT2D eigenvalue weighted by Gasteiger charge is 2.25. The Morgan fingerprint density at radius 3 is 2.52 bits per heavy atom. The minimum atomic E-state index is -0.0930. The van der Waals surface area contributed by atoms with Crippen molar-refractivity contribution in [1.82, 2.24) is 20.9 Å². The minimum absolute atomic E-state index is 0.0930. The summed E-state index contributed by atoms with van der Waals surface area (Å²) in [7, 11) is 1.83. The Labute approximate surface area is 191 Å². The van der Waals surface area contributed by atoms with E-state index in [0.29, 0.717) is 6.04 Å². The van der Waals surface area contributed by atoms with Crippen molar-refractivity contribution in [2.24, 2.45) is 4.99 Å². The highest BCUT2D eigenvalue weighted by Crippen LogP contribution is 2.25. The third kappa shape index (κ3) is 7.31. The van der Waals surface area contributed by atoms with Crippen molar-refractivity contribution in [2.75, 3.05) is 46.4 Å². The van der Waals surface area contributed by atoms with Crippen LogP contribution in [0.2, 0.25) is 0 Å². The third-order valence-corrected chi connectivity index (χ3v) is 6.62. The molecule has 1 fully saturated rings. The van der Waals surface area contributed by atoms with Gasteiger partial charge >= 0.3 is 0 Å². The molecule has 2 unspecified atom stereocenters. The van der Waals surface area contributed by atoms with E-state index in [2.05, 4.69) is 94.5 Å². The second-order valence-electron chi connectivity index (χ2n) is 8.65. The number of nitrogens with one attached hydrogen (secondary N) is 3. The maximum absolute atomic E-state index is 5.55. The van der Waals surface area contributed by atoms with Crippen LogP contribution in [-0.2, 0) is 4.74 Å². The Hall–Kier alpha value is -1.93. The van der Waals surface area contributed by atoms with Gasteiger partial charge in [-0.1, -0.05) is 36.4 Å². The Balaban J connectivity index is 1.53. The smallest absolute Gasteiger partial charge is 0.191 e. The van der Waals surface area contributed by atoms with Crippen LogP contribution in [0.1, 0.15) is 43.3 Å². The van der Waals surface area contributed by atoms with Crippen LogP contribution in [0.5, 0.6) is 0 Å². The van der Waals surface area contributed by atoms with E-state index in [1.165, 1.54) is 10.4 Å². The summed E-state index contributed by atoms with van der Waals surface area (Å²) in [5.41, 5.74) is 1.20. The standard InChI is InChI=1S/C24H37N5OS/c1-19(20-9-6-5-7-10-20)28-24(2,3)18-27-23(25-4)26-17-21(22-11-8-16-31-22)29-12-14-30-15-13-29/h5-11,16,19,21,28H,12-15,17-18H2,1-4H3,(H2,25,26,27). The fourth-order valence-electron chi connectivity index (χ4n) is 3.96. The topological polar surface area (TPSA) is 60.9 Å². The van der Waals surface area contributed by atoms with Crippen molar-refractivity contribution in [2.45, 2.75) is 38.4 Å². The Morgan fingerprint density at radius 1 is 1.13 bits per heavy atom. The lowest BCUT2D eigenvalue weighted by Gasteiger charge is -2.35. The van der Waals surface area contributed by atoms with Gasteiger partial charge in [0.25, 0.3) is 0 Å². The molecule has 1 aromatic carbocycles. The van der Waals surface area contributed by atoms with Crippen LogP contribution >= 0.6 is 11.3 Å². The van der Waals surface area contributed by atoms with Gasteiger partial charge in [0, 0.05) is 49.7 Å². The van der Waals surface area contributed by atoms with Gasteiger partial charge in [-0.3, -0.25) is 9.89 Å². The second-order valence-corrected chi connectivity index (χ2v) is 9.63. The molecule has 3 rings (SSSR count). The molecule has 1 aliphatic rings. The molecule has 0 aliphatic carbocycles. The molecule has 0 radical (unpaired) electrons. The molecule has 1 aliphatic heterocycles. The zero-order valence-corrected chi connectivity index (χ0v) is 20.0. The first-order chi connectivity index (χ1) is 15.0. The van der Waals surface area contributed by atoms with Crippen LogP contribution in [0.3, 0.4) is 0 Å². The van der Waals surface area contributed by atoms with Gasteiger partial charge in [-0.15, -0.1) is 11.3 Å². The lowest BCUT2D eigenvalue weighted by atomic mass is 10.0. The summed E-state index contributed by atoms with van der Waals surface area (Å²) in [4.78, 5) is 8.33. The molecule has 0 bridgehead atoms. The first-order valence-electron chi connectivity index (χ1n) is 11.1. The number of thiophene rings is 1. The molecular formula is C24H37N5OS. The van der Waals surface area contributed by atoms with Gasteiger partial charge in [-0.05, 0) is 37.8 Å². The van der Waals surface area contributed by atoms with E-state index in [4.69, 9.17) is 4.74 Å². The van der Waals surface area contributed by atoms with Crippen LogP contribution in [0.25, 0.3) is 0 Å². The van der Waals surface area contributed by atoms with Crippen molar-refractivity contribution < 1.29 is 4.74 Å². The molecule has 0 amide bonds. The summed E-state index contributed by atoms with van der Waals surface area (Å²) in [6.07, 6.45) is 0. The minimum Gasteiger partial charge on any atom is -0.379 e. The summed E-state index contributed by atoms with van der Waals surface area (Å²) < 4.78 is 5.55. The van der Waals surface area contributed by atoms with Gasteiger partial charge in [-0.25, -0.2) is 0 Å². The number of hydrogen-bond acceptors (Lipinski definition) is 5. The summed E-state index contributed by atoms with van der Waals surface area (Å²) in [6.45, 7) is 11.7. The lowest BCUT2D eigenvalue weighted by Crippen LogP contribution is -2.53. The van der Waals surface area contributed by atoms with E-state index in [-0.39, 0.29) is 11.6 Å². The molecule has 0 spiro atoms. The van der Waals surface area contributed by atoms with Crippen LogP contribution in [0.15, 0.2) is 52.8 Å². The normalized spacial score (nSPS) is 17.9. The largest absolute Gasteiger partial charge is 0.379 e. The molecule has 1 aromatic heterocycles. The van der Waals surface area contributed by atoms with Gasteiger partial charge < -0.3 is 20.7 Å². The van der Waals surface area contributed by atoms with E-state index >= 15 is 0 Å².